The molecular formula is C8H11NO2S2. The predicted molar refractivity (Wildman–Crippen MR) is 52.5 cm³/mol. The first-order valence-corrected chi connectivity index (χ1v) is 6.53. The summed E-state index contributed by atoms with van der Waals surface area (Å²) >= 11 is 1.27. The van der Waals surface area contributed by atoms with Crippen molar-refractivity contribution in [2.24, 2.45) is 5.73 Å². The van der Waals surface area contributed by atoms with E-state index in [0.717, 1.165) is 5.56 Å². The Morgan fingerprint density at radius 3 is 3.00 bits per heavy atom. The third kappa shape index (κ3) is 1.22. The van der Waals surface area contributed by atoms with Crippen LogP contribution in [0.15, 0.2) is 15.7 Å². The first-order valence-electron chi connectivity index (χ1n) is 4.10. The minimum absolute atomic E-state index is 0.111. The van der Waals surface area contributed by atoms with Crippen molar-refractivity contribution in [3.63, 3.8) is 0 Å². The van der Waals surface area contributed by atoms with E-state index in [-0.39, 0.29) is 11.3 Å². The van der Waals surface area contributed by atoms with Crippen LogP contribution in [0.2, 0.25) is 0 Å². The highest BCUT2D eigenvalue weighted by atomic mass is 32.2. The highest BCUT2D eigenvalue weighted by Crippen LogP contribution is 2.37. The molecule has 0 saturated carbocycles. The van der Waals surface area contributed by atoms with E-state index >= 15 is 0 Å². The van der Waals surface area contributed by atoms with Crippen molar-refractivity contribution >= 4 is 21.2 Å². The molecule has 2 rings (SSSR count). The van der Waals surface area contributed by atoms with Crippen molar-refractivity contribution in [2.75, 3.05) is 0 Å². The van der Waals surface area contributed by atoms with E-state index in [9.17, 15) is 8.42 Å². The minimum atomic E-state index is -3.07. The van der Waals surface area contributed by atoms with Crippen LogP contribution in [0.4, 0.5) is 0 Å². The summed E-state index contributed by atoms with van der Waals surface area (Å²) in [7, 11) is -3.07. The van der Waals surface area contributed by atoms with Gasteiger partial charge in [0.25, 0.3) is 0 Å². The van der Waals surface area contributed by atoms with E-state index in [2.05, 4.69) is 0 Å². The van der Waals surface area contributed by atoms with Crippen LogP contribution in [-0.2, 0) is 9.84 Å². The third-order valence-electron chi connectivity index (χ3n) is 2.43. The van der Waals surface area contributed by atoms with Gasteiger partial charge in [0.1, 0.15) is 4.21 Å². The van der Waals surface area contributed by atoms with Gasteiger partial charge in [-0.05, 0) is 30.4 Å². The van der Waals surface area contributed by atoms with Gasteiger partial charge in [0.15, 0.2) is 9.84 Å². The molecule has 0 bridgehead atoms. The van der Waals surface area contributed by atoms with Gasteiger partial charge in [-0.1, -0.05) is 0 Å². The maximum absolute atomic E-state index is 11.8. The molecule has 2 atom stereocenters. The number of nitrogens with two attached hydrogens (primary N) is 1. The molecule has 2 N–H and O–H groups in total. The molecule has 13 heavy (non-hydrogen) atoms. The molecule has 1 aromatic heterocycles. The monoisotopic (exact) mass is 217 g/mol. The molecule has 0 spiro atoms. The van der Waals surface area contributed by atoms with Crippen LogP contribution in [0.5, 0.6) is 0 Å². The molecule has 1 aromatic rings. The molecule has 0 aliphatic carbocycles. The summed E-state index contributed by atoms with van der Waals surface area (Å²) in [5.74, 6) is 0. The number of hydrogen-bond acceptors (Lipinski definition) is 4. The molecule has 0 unspecified atom stereocenters. The van der Waals surface area contributed by atoms with Crippen molar-refractivity contribution in [2.45, 2.75) is 28.8 Å². The van der Waals surface area contributed by atoms with Crippen molar-refractivity contribution < 1.29 is 8.42 Å². The maximum atomic E-state index is 11.8. The molecule has 3 nitrogen and oxygen atoms in total. The van der Waals surface area contributed by atoms with Crippen LogP contribution >= 0.6 is 11.3 Å². The topological polar surface area (TPSA) is 60.2 Å². The molecule has 0 aromatic carbocycles. The molecule has 0 radical (unpaired) electrons. The average molecular weight is 217 g/mol. The van der Waals surface area contributed by atoms with E-state index < -0.39 is 9.84 Å². The highest BCUT2D eigenvalue weighted by Gasteiger charge is 2.35. The van der Waals surface area contributed by atoms with Crippen LogP contribution < -0.4 is 5.73 Å². The molecule has 72 valence electrons. The Morgan fingerprint density at radius 2 is 2.31 bits per heavy atom. The second-order valence-corrected chi connectivity index (χ2v) is 6.84. The lowest BCUT2D eigenvalue weighted by molar-refractivity contribution is 0.542. The fraction of sp³-hybridized carbons (Fsp3) is 0.500. The molecule has 1 aliphatic heterocycles. The summed E-state index contributed by atoms with van der Waals surface area (Å²) in [6, 6.07) is 1.70. The number of hydrogen-bond donors (Lipinski definition) is 1. The van der Waals surface area contributed by atoms with E-state index in [0.29, 0.717) is 10.6 Å². The van der Waals surface area contributed by atoms with Gasteiger partial charge in [-0.3, -0.25) is 0 Å². The zero-order valence-electron chi connectivity index (χ0n) is 7.23. The zero-order chi connectivity index (χ0) is 9.64. The lowest BCUT2D eigenvalue weighted by Gasteiger charge is -2.23. The normalized spacial score (nSPS) is 31.2. The Kier molecular flexibility index (Phi) is 1.98. The highest BCUT2D eigenvalue weighted by molar-refractivity contribution is 7.94. The number of sulfone groups is 1. The zero-order valence-corrected chi connectivity index (χ0v) is 8.86. The van der Waals surface area contributed by atoms with Gasteiger partial charge in [-0.15, -0.1) is 11.3 Å². The first kappa shape index (κ1) is 9.18. The third-order valence-corrected chi connectivity index (χ3v) is 6.14. The average Bonchev–Trinajstić information content (AvgIpc) is 2.49. The van der Waals surface area contributed by atoms with Crippen LogP contribution in [0.25, 0.3) is 0 Å². The SMILES string of the molecule is C[C@H]1C[C@@H](N)c2ccsc2S1(=O)=O. The van der Waals surface area contributed by atoms with Gasteiger partial charge in [0, 0.05) is 6.04 Å². The molecule has 0 saturated heterocycles. The largest absolute Gasteiger partial charge is 0.324 e. The summed E-state index contributed by atoms with van der Waals surface area (Å²) in [4.78, 5) is 0. The number of fused-ring (bicyclic) bond motifs is 1. The van der Waals surface area contributed by atoms with E-state index in [1.165, 1.54) is 11.3 Å². The molecule has 5 heteroatoms. The second-order valence-electron chi connectivity index (χ2n) is 3.36. The standard InChI is InChI=1S/C8H11NO2S2/c1-5-4-7(9)6-2-3-12-8(6)13(5,10)11/h2-3,5,7H,4,9H2,1H3/t5-,7+/m0/s1. The lowest BCUT2D eigenvalue weighted by Crippen LogP contribution is -2.29. The lowest BCUT2D eigenvalue weighted by atomic mass is 10.1. The summed E-state index contributed by atoms with van der Waals surface area (Å²) in [5.41, 5.74) is 6.64. The first-order chi connectivity index (χ1) is 6.03. The van der Waals surface area contributed by atoms with Crippen molar-refractivity contribution in [3.05, 3.63) is 17.0 Å². The quantitative estimate of drug-likeness (QED) is 0.713. The molecule has 1 aliphatic rings. The summed E-state index contributed by atoms with van der Waals surface area (Å²) in [6.45, 7) is 1.72. The van der Waals surface area contributed by atoms with Crippen LogP contribution in [-0.4, -0.2) is 13.7 Å². The van der Waals surface area contributed by atoms with Gasteiger partial charge in [0.05, 0.1) is 5.25 Å². The molecule has 2 heterocycles. The number of thiophene rings is 1. The Hall–Kier alpha value is -0.390. The van der Waals surface area contributed by atoms with E-state index in [1.54, 1.807) is 12.3 Å². The van der Waals surface area contributed by atoms with Gasteiger partial charge in [-0.25, -0.2) is 8.42 Å². The van der Waals surface area contributed by atoms with Gasteiger partial charge >= 0.3 is 0 Å². The minimum Gasteiger partial charge on any atom is -0.324 e. The Balaban J connectivity index is 2.66. The van der Waals surface area contributed by atoms with Crippen molar-refractivity contribution in [1.29, 1.82) is 0 Å². The van der Waals surface area contributed by atoms with E-state index in [4.69, 9.17) is 5.73 Å². The molecule has 0 amide bonds. The maximum Gasteiger partial charge on any atom is 0.190 e. The Labute approximate surface area is 81.5 Å². The Bertz CT molecular complexity index is 421. The van der Waals surface area contributed by atoms with Gasteiger partial charge in [-0.2, -0.15) is 0 Å². The Morgan fingerprint density at radius 1 is 1.62 bits per heavy atom. The van der Waals surface area contributed by atoms with Gasteiger partial charge < -0.3 is 5.73 Å². The van der Waals surface area contributed by atoms with Gasteiger partial charge in [0.2, 0.25) is 0 Å². The van der Waals surface area contributed by atoms with Crippen molar-refractivity contribution in [1.82, 2.24) is 0 Å². The van der Waals surface area contributed by atoms with Crippen LogP contribution in [0, 0.1) is 0 Å². The van der Waals surface area contributed by atoms with Crippen LogP contribution in [0.3, 0.4) is 0 Å². The molecule has 0 fully saturated rings. The predicted octanol–water partition coefficient (Wildman–Crippen LogP) is 1.31. The molecular weight excluding hydrogens is 206 g/mol. The summed E-state index contributed by atoms with van der Waals surface area (Å²) < 4.78 is 24.0. The fourth-order valence-corrected chi connectivity index (χ4v) is 4.87. The second kappa shape index (κ2) is 2.80. The van der Waals surface area contributed by atoms with E-state index in [1.807, 2.05) is 6.07 Å². The van der Waals surface area contributed by atoms with Crippen molar-refractivity contribution in [3.8, 4) is 0 Å². The summed E-state index contributed by atoms with van der Waals surface area (Å²) in [5, 5.41) is 1.45. The fourth-order valence-electron chi connectivity index (χ4n) is 1.61. The van der Waals surface area contributed by atoms with Crippen LogP contribution in [0.1, 0.15) is 24.9 Å². The smallest absolute Gasteiger partial charge is 0.190 e. The summed E-state index contributed by atoms with van der Waals surface area (Å²) in [6.07, 6.45) is 0.534. The number of rotatable bonds is 0.